The predicted octanol–water partition coefficient (Wildman–Crippen LogP) is 2.53. The monoisotopic (exact) mass is 260 g/mol. The van der Waals surface area contributed by atoms with E-state index in [9.17, 15) is 4.39 Å². The Morgan fingerprint density at radius 3 is 2.63 bits per heavy atom. The number of nitrogens with two attached hydrogens (primary N) is 1. The van der Waals surface area contributed by atoms with E-state index in [-0.39, 0.29) is 5.82 Å². The highest BCUT2D eigenvalue weighted by Gasteiger charge is 2.09. The van der Waals surface area contributed by atoms with E-state index in [2.05, 4.69) is 10.4 Å². The number of halogens is 1. The zero-order valence-corrected chi connectivity index (χ0v) is 10.8. The molecule has 0 atom stereocenters. The van der Waals surface area contributed by atoms with Gasteiger partial charge in [0, 0.05) is 19.3 Å². The predicted molar refractivity (Wildman–Crippen MR) is 75.2 cm³/mol. The van der Waals surface area contributed by atoms with Crippen LogP contribution in [0.2, 0.25) is 0 Å². The number of nitrogen functional groups attached to an aromatic ring is 1. The molecule has 0 saturated carbocycles. The Morgan fingerprint density at radius 1 is 1.26 bits per heavy atom. The second-order valence-electron chi connectivity index (χ2n) is 4.16. The maximum Gasteiger partial charge on any atom is 0.146 e. The third-order valence-electron chi connectivity index (χ3n) is 2.92. The number of benzene rings is 1. The quantitative estimate of drug-likeness (QED) is 0.640. The largest absolute Gasteiger partial charge is 0.365 e. The van der Waals surface area contributed by atoms with Crippen molar-refractivity contribution in [2.24, 2.45) is 5.84 Å². The zero-order chi connectivity index (χ0) is 13.7. The summed E-state index contributed by atoms with van der Waals surface area (Å²) in [6.45, 7) is 3.32. The first-order valence-corrected chi connectivity index (χ1v) is 6.15. The molecule has 2 aromatic rings. The third-order valence-corrected chi connectivity index (χ3v) is 2.92. The van der Waals surface area contributed by atoms with E-state index in [1.165, 1.54) is 6.07 Å². The fraction of sp³-hybridized carbons (Fsp3) is 0.214. The van der Waals surface area contributed by atoms with Gasteiger partial charge in [0.2, 0.25) is 0 Å². The Kier molecular flexibility index (Phi) is 4.30. The molecular formula is C14H17FN4. The molecule has 1 aromatic carbocycles. The van der Waals surface area contributed by atoms with E-state index < -0.39 is 0 Å². The van der Waals surface area contributed by atoms with Gasteiger partial charge in [-0.15, -0.1) is 0 Å². The van der Waals surface area contributed by atoms with Gasteiger partial charge in [0.1, 0.15) is 11.6 Å². The Bertz CT molecular complexity index is 527. The molecule has 1 aromatic heterocycles. The van der Waals surface area contributed by atoms with Gasteiger partial charge in [0.05, 0.1) is 5.69 Å². The van der Waals surface area contributed by atoms with Crippen molar-refractivity contribution in [2.45, 2.75) is 13.5 Å². The maximum absolute atomic E-state index is 13.8. The van der Waals surface area contributed by atoms with Crippen molar-refractivity contribution in [2.75, 3.05) is 16.9 Å². The van der Waals surface area contributed by atoms with Crippen molar-refractivity contribution >= 4 is 11.5 Å². The molecule has 0 radical (unpaired) electrons. The van der Waals surface area contributed by atoms with E-state index in [0.717, 1.165) is 12.1 Å². The minimum absolute atomic E-state index is 0.211. The topological polar surface area (TPSA) is 54.2 Å². The van der Waals surface area contributed by atoms with Gasteiger partial charge in [0.25, 0.3) is 0 Å². The van der Waals surface area contributed by atoms with Gasteiger partial charge >= 0.3 is 0 Å². The molecule has 3 N–H and O–H groups in total. The standard InChI is InChI=1S/C14H17FN4/c1-2-19(13-6-4-3-5-12(13)15)10-11-7-8-14(18-16)17-9-11/h3-9H,2,10,16H2,1H3,(H,17,18). The zero-order valence-electron chi connectivity index (χ0n) is 10.8. The lowest BCUT2D eigenvalue weighted by molar-refractivity contribution is 0.618. The van der Waals surface area contributed by atoms with Crippen LogP contribution in [0.25, 0.3) is 0 Å². The lowest BCUT2D eigenvalue weighted by Crippen LogP contribution is -2.23. The van der Waals surface area contributed by atoms with E-state index in [0.29, 0.717) is 18.1 Å². The number of para-hydroxylation sites is 1. The number of aromatic nitrogens is 1. The molecule has 1 heterocycles. The van der Waals surface area contributed by atoms with Crippen LogP contribution in [0.3, 0.4) is 0 Å². The van der Waals surface area contributed by atoms with Crippen LogP contribution in [-0.2, 0) is 6.54 Å². The molecule has 0 fully saturated rings. The average molecular weight is 260 g/mol. The fourth-order valence-corrected chi connectivity index (χ4v) is 1.90. The maximum atomic E-state index is 13.8. The number of nitrogens with zero attached hydrogens (tertiary/aromatic N) is 2. The number of hydrazine groups is 1. The summed E-state index contributed by atoms with van der Waals surface area (Å²) in [5, 5.41) is 0. The van der Waals surface area contributed by atoms with Gasteiger partial charge < -0.3 is 10.3 Å². The molecule has 0 amide bonds. The molecule has 0 bridgehead atoms. The normalized spacial score (nSPS) is 10.3. The molecule has 0 saturated heterocycles. The lowest BCUT2D eigenvalue weighted by atomic mass is 10.2. The smallest absolute Gasteiger partial charge is 0.146 e. The van der Waals surface area contributed by atoms with Gasteiger partial charge in [-0.05, 0) is 30.7 Å². The van der Waals surface area contributed by atoms with Crippen molar-refractivity contribution in [1.29, 1.82) is 0 Å². The number of hydrogen-bond donors (Lipinski definition) is 2. The van der Waals surface area contributed by atoms with Crippen LogP contribution < -0.4 is 16.2 Å². The molecule has 4 nitrogen and oxygen atoms in total. The second kappa shape index (κ2) is 6.15. The second-order valence-corrected chi connectivity index (χ2v) is 4.16. The third kappa shape index (κ3) is 3.20. The van der Waals surface area contributed by atoms with Crippen molar-refractivity contribution in [1.82, 2.24) is 4.98 Å². The summed E-state index contributed by atoms with van der Waals surface area (Å²) < 4.78 is 13.8. The van der Waals surface area contributed by atoms with E-state index >= 15 is 0 Å². The van der Waals surface area contributed by atoms with Crippen LogP contribution in [0.1, 0.15) is 12.5 Å². The number of rotatable bonds is 5. The molecule has 5 heteroatoms. The Hall–Kier alpha value is -2.14. The summed E-state index contributed by atoms with van der Waals surface area (Å²) in [5.74, 6) is 5.66. The van der Waals surface area contributed by atoms with E-state index in [4.69, 9.17) is 5.84 Å². The summed E-state index contributed by atoms with van der Waals surface area (Å²) >= 11 is 0. The van der Waals surface area contributed by atoms with Crippen LogP contribution in [-0.4, -0.2) is 11.5 Å². The van der Waals surface area contributed by atoms with Crippen molar-refractivity contribution in [3.8, 4) is 0 Å². The first-order valence-electron chi connectivity index (χ1n) is 6.15. The van der Waals surface area contributed by atoms with Gasteiger partial charge in [-0.25, -0.2) is 15.2 Å². The highest BCUT2D eigenvalue weighted by atomic mass is 19.1. The van der Waals surface area contributed by atoms with Crippen LogP contribution in [0, 0.1) is 5.82 Å². The molecule has 0 aliphatic carbocycles. The van der Waals surface area contributed by atoms with Crippen molar-refractivity contribution in [3.63, 3.8) is 0 Å². The summed E-state index contributed by atoms with van der Waals surface area (Å²) in [6.07, 6.45) is 1.73. The highest BCUT2D eigenvalue weighted by molar-refractivity contribution is 5.48. The fourth-order valence-electron chi connectivity index (χ4n) is 1.90. The summed E-state index contributed by atoms with van der Waals surface area (Å²) in [7, 11) is 0. The van der Waals surface area contributed by atoms with Crippen molar-refractivity contribution in [3.05, 3.63) is 54.0 Å². The van der Waals surface area contributed by atoms with Crippen LogP contribution >= 0.6 is 0 Å². The minimum Gasteiger partial charge on any atom is -0.365 e. The van der Waals surface area contributed by atoms with Gasteiger partial charge in [-0.3, -0.25) is 0 Å². The number of pyridine rings is 1. The Balaban J connectivity index is 2.17. The van der Waals surface area contributed by atoms with E-state index in [1.54, 1.807) is 24.4 Å². The van der Waals surface area contributed by atoms with Gasteiger partial charge in [-0.1, -0.05) is 18.2 Å². The molecular weight excluding hydrogens is 243 g/mol. The van der Waals surface area contributed by atoms with Crippen molar-refractivity contribution < 1.29 is 4.39 Å². The molecule has 19 heavy (non-hydrogen) atoms. The first kappa shape index (κ1) is 13.3. The molecule has 0 aliphatic heterocycles. The number of nitrogens with one attached hydrogen (secondary N) is 1. The van der Waals surface area contributed by atoms with Crippen LogP contribution in [0.5, 0.6) is 0 Å². The summed E-state index contributed by atoms with van der Waals surface area (Å²) in [4.78, 5) is 6.10. The molecule has 0 aliphatic rings. The highest BCUT2D eigenvalue weighted by Crippen LogP contribution is 2.20. The Labute approximate surface area is 112 Å². The molecule has 2 rings (SSSR count). The summed E-state index contributed by atoms with van der Waals surface area (Å²) in [6, 6.07) is 10.5. The lowest BCUT2D eigenvalue weighted by Gasteiger charge is -2.23. The van der Waals surface area contributed by atoms with Crippen LogP contribution in [0.15, 0.2) is 42.6 Å². The SMILES string of the molecule is CCN(Cc1ccc(NN)nc1)c1ccccc1F. The average Bonchev–Trinajstić information content (AvgIpc) is 2.46. The first-order chi connectivity index (χ1) is 9.24. The van der Waals surface area contributed by atoms with Gasteiger partial charge in [-0.2, -0.15) is 0 Å². The summed E-state index contributed by atoms with van der Waals surface area (Å²) in [5.41, 5.74) is 4.08. The minimum atomic E-state index is -0.211. The molecule has 0 spiro atoms. The number of anilines is 2. The Morgan fingerprint density at radius 2 is 2.05 bits per heavy atom. The number of hydrogen-bond acceptors (Lipinski definition) is 4. The van der Waals surface area contributed by atoms with E-state index in [1.807, 2.05) is 24.0 Å². The van der Waals surface area contributed by atoms with Crippen LogP contribution in [0.4, 0.5) is 15.9 Å². The molecule has 100 valence electrons. The van der Waals surface area contributed by atoms with Gasteiger partial charge in [0.15, 0.2) is 0 Å². The molecule has 0 unspecified atom stereocenters.